The second-order valence-electron chi connectivity index (χ2n) is 8.13. The SMILES string of the molecule is CC/C=C(/SC(=N)c1cn2c(c(O)c1=O)C(=O)N(CC)CC2)C(CC)c1ccc(F)cc1F.COC. The molecule has 0 fully saturated rings. The molecular weight excluding hydrogens is 488 g/mol. The number of ether oxygens (including phenoxy) is 1. The molecule has 36 heavy (non-hydrogen) atoms. The lowest BCUT2D eigenvalue weighted by Gasteiger charge is -2.29. The summed E-state index contributed by atoms with van der Waals surface area (Å²) in [5.74, 6) is -2.85. The van der Waals surface area contributed by atoms with Crippen LogP contribution in [0.1, 0.15) is 61.1 Å². The van der Waals surface area contributed by atoms with E-state index in [1.807, 2.05) is 26.8 Å². The Hall–Kier alpha value is -2.98. The zero-order valence-electron chi connectivity index (χ0n) is 21.2. The average molecular weight is 522 g/mol. The normalized spacial score (nSPS) is 14.1. The highest BCUT2D eigenvalue weighted by atomic mass is 32.2. The Morgan fingerprint density at radius 3 is 2.44 bits per heavy atom. The molecule has 2 heterocycles. The number of allylic oxidation sites excluding steroid dienone is 2. The number of nitrogens with zero attached hydrogens (tertiary/aromatic N) is 2. The van der Waals surface area contributed by atoms with Gasteiger partial charge in [-0.3, -0.25) is 15.0 Å². The molecule has 1 unspecified atom stereocenters. The molecule has 10 heteroatoms. The number of carbonyl (C=O) groups is 1. The Bertz CT molecular complexity index is 1200. The summed E-state index contributed by atoms with van der Waals surface area (Å²) in [4.78, 5) is 27.6. The van der Waals surface area contributed by atoms with Crippen molar-refractivity contribution in [2.75, 3.05) is 27.3 Å². The highest BCUT2D eigenvalue weighted by Crippen LogP contribution is 2.38. The molecule has 0 bridgehead atoms. The van der Waals surface area contributed by atoms with Gasteiger partial charge in [-0.15, -0.1) is 0 Å². The summed E-state index contributed by atoms with van der Waals surface area (Å²) in [5.41, 5.74) is -0.578. The Kier molecular flexibility index (Phi) is 10.9. The van der Waals surface area contributed by atoms with Crippen LogP contribution >= 0.6 is 11.8 Å². The van der Waals surface area contributed by atoms with Crippen molar-refractivity contribution in [1.29, 1.82) is 5.41 Å². The maximum absolute atomic E-state index is 14.5. The Balaban J connectivity index is 0.00000145. The van der Waals surface area contributed by atoms with Crippen LogP contribution in [0.5, 0.6) is 5.75 Å². The van der Waals surface area contributed by atoms with Crippen molar-refractivity contribution in [1.82, 2.24) is 9.47 Å². The van der Waals surface area contributed by atoms with Crippen LogP contribution in [0.25, 0.3) is 0 Å². The summed E-state index contributed by atoms with van der Waals surface area (Å²) >= 11 is 1.01. The number of rotatable bonds is 7. The van der Waals surface area contributed by atoms with Gasteiger partial charge in [0.2, 0.25) is 5.43 Å². The van der Waals surface area contributed by atoms with Gasteiger partial charge >= 0.3 is 0 Å². The Labute approximate surface area is 214 Å². The fraction of sp³-hybridized carbons (Fsp3) is 0.423. The minimum absolute atomic E-state index is 0.0320. The summed E-state index contributed by atoms with van der Waals surface area (Å²) < 4.78 is 33.7. The zero-order valence-corrected chi connectivity index (χ0v) is 22.0. The molecule has 1 atom stereocenters. The van der Waals surface area contributed by atoms with Crippen LogP contribution in [0.15, 0.2) is 40.2 Å². The number of benzene rings is 1. The van der Waals surface area contributed by atoms with Crippen molar-refractivity contribution >= 4 is 22.7 Å². The van der Waals surface area contributed by atoms with Gasteiger partial charge in [0.1, 0.15) is 16.7 Å². The number of aromatic nitrogens is 1. The van der Waals surface area contributed by atoms with Crippen molar-refractivity contribution in [3.63, 3.8) is 0 Å². The second kappa shape index (κ2) is 13.4. The van der Waals surface area contributed by atoms with Crippen molar-refractivity contribution in [3.8, 4) is 5.75 Å². The molecule has 2 aromatic rings. The minimum atomic E-state index is -0.790. The van der Waals surface area contributed by atoms with Gasteiger partial charge in [0.25, 0.3) is 5.91 Å². The number of pyridine rings is 1. The molecule has 0 radical (unpaired) electrons. The molecule has 1 amide bonds. The van der Waals surface area contributed by atoms with Crippen LogP contribution in [0.2, 0.25) is 0 Å². The quantitative estimate of drug-likeness (QED) is 0.390. The molecule has 0 saturated heterocycles. The van der Waals surface area contributed by atoms with Gasteiger partial charge in [-0.1, -0.05) is 37.8 Å². The fourth-order valence-corrected chi connectivity index (χ4v) is 5.16. The Morgan fingerprint density at radius 2 is 1.89 bits per heavy atom. The second-order valence-corrected chi connectivity index (χ2v) is 9.21. The van der Waals surface area contributed by atoms with E-state index in [4.69, 9.17) is 5.41 Å². The summed E-state index contributed by atoms with van der Waals surface area (Å²) in [6.45, 7) is 6.88. The van der Waals surface area contributed by atoms with Gasteiger partial charge in [0.15, 0.2) is 11.4 Å². The van der Waals surface area contributed by atoms with Crippen LogP contribution in [0.4, 0.5) is 8.78 Å². The molecule has 0 spiro atoms. The molecule has 1 aromatic heterocycles. The van der Waals surface area contributed by atoms with Gasteiger partial charge in [-0.05, 0) is 36.3 Å². The number of carbonyl (C=O) groups excluding carboxylic acids is 1. The maximum atomic E-state index is 14.5. The number of hydrogen-bond donors (Lipinski definition) is 2. The van der Waals surface area contributed by atoms with Crippen LogP contribution in [0, 0.1) is 17.0 Å². The maximum Gasteiger partial charge on any atom is 0.274 e. The first-order chi connectivity index (χ1) is 17.1. The van der Waals surface area contributed by atoms with E-state index in [1.54, 1.807) is 19.1 Å². The molecule has 0 saturated carbocycles. The third-order valence-corrected chi connectivity index (χ3v) is 6.81. The molecule has 1 aliphatic rings. The number of methoxy groups -OCH3 is 1. The van der Waals surface area contributed by atoms with E-state index in [0.717, 1.165) is 17.8 Å². The van der Waals surface area contributed by atoms with E-state index in [1.165, 1.54) is 22.9 Å². The monoisotopic (exact) mass is 521 g/mol. The smallest absolute Gasteiger partial charge is 0.274 e. The topological polar surface area (TPSA) is 95.6 Å². The molecule has 1 aromatic carbocycles. The van der Waals surface area contributed by atoms with Gasteiger partial charge in [0.05, 0.1) is 5.56 Å². The molecule has 2 N–H and O–H groups in total. The number of fused-ring (bicyclic) bond motifs is 1. The van der Waals surface area contributed by atoms with E-state index in [0.29, 0.717) is 42.9 Å². The van der Waals surface area contributed by atoms with Crippen LogP contribution in [-0.4, -0.2) is 52.8 Å². The number of halogens is 2. The van der Waals surface area contributed by atoms with Gasteiger partial charge in [-0.25, -0.2) is 8.78 Å². The summed E-state index contributed by atoms with van der Waals surface area (Å²) in [5, 5.41) is 19.0. The van der Waals surface area contributed by atoms with E-state index >= 15 is 0 Å². The van der Waals surface area contributed by atoms with Gasteiger partial charge < -0.3 is 19.3 Å². The predicted molar refractivity (Wildman–Crippen MR) is 139 cm³/mol. The molecular formula is C26H33F2N3O4S. The van der Waals surface area contributed by atoms with E-state index in [-0.39, 0.29) is 16.3 Å². The van der Waals surface area contributed by atoms with Crippen LogP contribution < -0.4 is 5.43 Å². The van der Waals surface area contributed by atoms with E-state index in [2.05, 4.69) is 4.74 Å². The number of likely N-dealkylation sites (N-methyl/N-ethyl adjacent to an activating group) is 1. The molecule has 0 aliphatic carbocycles. The number of hydrogen-bond acceptors (Lipinski definition) is 6. The highest BCUT2D eigenvalue weighted by molar-refractivity contribution is 8.17. The fourth-order valence-electron chi connectivity index (χ4n) is 3.98. The molecule has 1 aliphatic heterocycles. The largest absolute Gasteiger partial charge is 0.503 e. The Morgan fingerprint density at radius 1 is 1.22 bits per heavy atom. The first kappa shape index (κ1) is 29.3. The number of amides is 1. The van der Waals surface area contributed by atoms with E-state index < -0.39 is 34.6 Å². The van der Waals surface area contributed by atoms with Crippen molar-refractivity contribution in [2.45, 2.75) is 46.1 Å². The zero-order chi connectivity index (χ0) is 27.0. The summed E-state index contributed by atoms with van der Waals surface area (Å²) in [6.07, 6.45) is 4.41. The lowest BCUT2D eigenvalue weighted by molar-refractivity contribution is 0.0707. The lowest BCUT2D eigenvalue weighted by atomic mass is 9.95. The van der Waals surface area contributed by atoms with Gasteiger partial charge in [0, 0.05) is 52.0 Å². The number of nitrogens with one attached hydrogen (secondary N) is 1. The standard InChI is InChI=1S/C24H27F2N3O3S.C2H6O/c1-4-7-19(15(5-2)16-9-8-14(25)12-18(16)26)33-23(27)17-13-29-11-10-28(6-3)24(32)20(29)22(31)21(17)30;1-3-2/h7-9,12-13,15,27,31H,4-6,10-11H2,1-3H3;1-2H3/b19-7+,27-23?;. The lowest BCUT2D eigenvalue weighted by Crippen LogP contribution is -2.41. The summed E-state index contributed by atoms with van der Waals surface area (Å²) in [7, 11) is 3.25. The summed E-state index contributed by atoms with van der Waals surface area (Å²) in [6, 6.07) is 3.43. The third kappa shape index (κ3) is 6.41. The molecule has 3 rings (SSSR count). The third-order valence-electron chi connectivity index (χ3n) is 5.70. The average Bonchev–Trinajstić information content (AvgIpc) is 2.83. The van der Waals surface area contributed by atoms with Crippen molar-refractivity contribution in [3.05, 3.63) is 74.1 Å². The number of thioether (sulfide) groups is 1. The van der Waals surface area contributed by atoms with Crippen molar-refractivity contribution in [2.24, 2.45) is 0 Å². The highest BCUT2D eigenvalue weighted by Gasteiger charge is 2.30. The van der Waals surface area contributed by atoms with Crippen molar-refractivity contribution < 1.29 is 23.4 Å². The first-order valence-electron chi connectivity index (χ1n) is 11.7. The minimum Gasteiger partial charge on any atom is -0.503 e. The first-order valence-corrected chi connectivity index (χ1v) is 12.5. The van der Waals surface area contributed by atoms with Gasteiger partial charge in [-0.2, -0.15) is 0 Å². The van der Waals surface area contributed by atoms with E-state index in [9.17, 15) is 23.5 Å². The van der Waals surface area contributed by atoms with Crippen LogP contribution in [0.3, 0.4) is 0 Å². The predicted octanol–water partition coefficient (Wildman–Crippen LogP) is 5.12. The molecule has 7 nitrogen and oxygen atoms in total. The molecule has 196 valence electrons. The van der Waals surface area contributed by atoms with Crippen LogP contribution in [-0.2, 0) is 11.3 Å². The number of aromatic hydroxyl groups is 1.